The number of nitrogens with zero attached hydrogens (tertiary/aromatic N) is 1. The van der Waals surface area contributed by atoms with Crippen molar-refractivity contribution < 1.29 is 4.57 Å². The second-order valence-electron chi connectivity index (χ2n) is 5.78. The van der Waals surface area contributed by atoms with Crippen LogP contribution in [0.25, 0.3) is 33.5 Å². The van der Waals surface area contributed by atoms with Crippen molar-refractivity contribution in [3.8, 4) is 10.4 Å². The summed E-state index contributed by atoms with van der Waals surface area (Å²) in [7, 11) is 2.12. The molecule has 0 spiro atoms. The highest BCUT2D eigenvalue weighted by atomic mass is 32.1. The molecule has 0 fully saturated rings. The fourth-order valence-electron chi connectivity index (χ4n) is 2.89. The Hall–Kier alpha value is -2.71. The minimum Gasteiger partial charge on any atom is -0.195 e. The molecule has 0 aliphatic rings. The lowest BCUT2D eigenvalue weighted by molar-refractivity contribution is -0.646. The van der Waals surface area contributed by atoms with Crippen molar-refractivity contribution in [3.05, 3.63) is 89.4 Å². The van der Waals surface area contributed by atoms with E-state index < -0.39 is 0 Å². The van der Waals surface area contributed by atoms with Gasteiger partial charge < -0.3 is 0 Å². The molecule has 1 nitrogen and oxygen atoms in total. The lowest BCUT2D eigenvalue weighted by atomic mass is 10.2. The molecule has 0 saturated carbocycles. The number of aryl methyl sites for hydroxylation is 1. The largest absolute Gasteiger partial charge is 0.212 e. The van der Waals surface area contributed by atoms with E-state index in [1.54, 1.807) is 0 Å². The van der Waals surface area contributed by atoms with Gasteiger partial charge in [-0.05, 0) is 35.9 Å². The molecule has 24 heavy (non-hydrogen) atoms. The van der Waals surface area contributed by atoms with Gasteiger partial charge in [0.1, 0.15) is 7.05 Å². The Bertz CT molecular complexity index is 1010. The molecule has 4 rings (SSSR count). The summed E-state index contributed by atoms with van der Waals surface area (Å²) >= 11 is 1.82. The van der Waals surface area contributed by atoms with E-state index in [-0.39, 0.29) is 0 Å². The first-order valence-electron chi connectivity index (χ1n) is 8.02. The van der Waals surface area contributed by atoms with Gasteiger partial charge in [0.25, 0.3) is 0 Å². The van der Waals surface area contributed by atoms with Crippen molar-refractivity contribution in [1.82, 2.24) is 0 Å². The summed E-state index contributed by atoms with van der Waals surface area (Å²) in [5, 5.41) is 1.26. The summed E-state index contributed by atoms with van der Waals surface area (Å²) in [4.78, 5) is 2.57. The zero-order chi connectivity index (χ0) is 16.4. The van der Waals surface area contributed by atoms with E-state index in [0.29, 0.717) is 0 Å². The third kappa shape index (κ3) is 2.89. The van der Waals surface area contributed by atoms with Crippen LogP contribution in [0.2, 0.25) is 0 Å². The number of hydrogen-bond acceptors (Lipinski definition) is 1. The first-order valence-corrected chi connectivity index (χ1v) is 8.84. The van der Waals surface area contributed by atoms with Gasteiger partial charge in [-0.3, -0.25) is 0 Å². The predicted molar refractivity (Wildman–Crippen MR) is 104 cm³/mol. The maximum atomic E-state index is 2.23. The molecule has 0 aliphatic heterocycles. The molecule has 0 bridgehead atoms. The van der Waals surface area contributed by atoms with Crippen LogP contribution in [-0.2, 0) is 7.05 Å². The van der Waals surface area contributed by atoms with Gasteiger partial charge in [-0.25, -0.2) is 0 Å². The zero-order valence-electron chi connectivity index (χ0n) is 13.5. The first kappa shape index (κ1) is 14.9. The number of thiophene rings is 1. The van der Waals surface area contributed by atoms with Crippen LogP contribution in [0.3, 0.4) is 0 Å². The van der Waals surface area contributed by atoms with E-state index in [1.807, 2.05) is 11.3 Å². The molecule has 0 N–H and O–H groups in total. The Morgan fingerprint density at radius 2 is 1.54 bits per heavy atom. The van der Waals surface area contributed by atoms with Crippen molar-refractivity contribution in [2.75, 3.05) is 0 Å². The minimum atomic E-state index is 1.20. The molecule has 0 radical (unpaired) electrons. The van der Waals surface area contributed by atoms with Crippen LogP contribution in [0, 0.1) is 0 Å². The van der Waals surface area contributed by atoms with Gasteiger partial charge in [0.2, 0.25) is 11.2 Å². The number of pyridine rings is 1. The average Bonchev–Trinajstić information content (AvgIpc) is 3.11. The molecule has 2 aromatic carbocycles. The van der Waals surface area contributed by atoms with E-state index in [1.165, 1.54) is 31.9 Å². The van der Waals surface area contributed by atoms with Crippen LogP contribution in [-0.4, -0.2) is 0 Å². The monoisotopic (exact) mass is 328 g/mol. The van der Waals surface area contributed by atoms with Gasteiger partial charge >= 0.3 is 0 Å². The van der Waals surface area contributed by atoms with Crippen LogP contribution in [0.1, 0.15) is 10.6 Å². The van der Waals surface area contributed by atoms with Crippen LogP contribution < -0.4 is 4.57 Å². The molecular formula is C22H18NS+. The fourth-order valence-corrected chi connectivity index (χ4v) is 3.81. The Kier molecular flexibility index (Phi) is 3.97. The molecule has 0 atom stereocenters. The van der Waals surface area contributed by atoms with Gasteiger partial charge in [0.15, 0.2) is 0 Å². The quantitative estimate of drug-likeness (QED) is 0.433. The average molecular weight is 328 g/mol. The number of fused-ring (bicyclic) bond motifs is 1. The van der Waals surface area contributed by atoms with E-state index in [2.05, 4.69) is 103 Å². The molecule has 0 saturated heterocycles. The Balaban J connectivity index is 1.64. The molecule has 116 valence electrons. The van der Waals surface area contributed by atoms with E-state index in [9.17, 15) is 0 Å². The van der Waals surface area contributed by atoms with E-state index in [4.69, 9.17) is 0 Å². The van der Waals surface area contributed by atoms with Crippen molar-refractivity contribution in [2.45, 2.75) is 0 Å². The number of aromatic nitrogens is 1. The highest BCUT2D eigenvalue weighted by molar-refractivity contribution is 7.16. The second-order valence-corrected chi connectivity index (χ2v) is 6.89. The van der Waals surface area contributed by atoms with Crippen LogP contribution in [0.15, 0.2) is 78.9 Å². The standard InChI is InChI=1S/C22H18NS/c1-23-19(12-11-17-7-5-6-10-21(17)23)13-14-20-15-16-22(24-20)18-8-3-2-4-9-18/h2-16H,1H3/q+1/b14-13+. The van der Waals surface area contributed by atoms with Crippen molar-refractivity contribution in [2.24, 2.45) is 7.05 Å². The highest BCUT2D eigenvalue weighted by Gasteiger charge is 2.08. The number of rotatable bonds is 3. The third-order valence-corrected chi connectivity index (χ3v) is 5.32. The third-order valence-electron chi connectivity index (χ3n) is 4.22. The van der Waals surface area contributed by atoms with Gasteiger partial charge in [-0.2, -0.15) is 4.57 Å². The predicted octanol–water partition coefficient (Wildman–Crippen LogP) is 5.56. The normalized spacial score (nSPS) is 11.4. The van der Waals surface area contributed by atoms with Crippen LogP contribution in [0.5, 0.6) is 0 Å². The maximum absolute atomic E-state index is 2.23. The van der Waals surface area contributed by atoms with Crippen LogP contribution in [0.4, 0.5) is 0 Å². The summed E-state index contributed by atoms with van der Waals surface area (Å²) in [6.07, 6.45) is 4.38. The highest BCUT2D eigenvalue weighted by Crippen LogP contribution is 2.28. The van der Waals surface area contributed by atoms with Gasteiger partial charge in [0.05, 0.1) is 0 Å². The summed E-state index contributed by atoms with van der Waals surface area (Å²) < 4.78 is 2.23. The topological polar surface area (TPSA) is 3.88 Å². The minimum absolute atomic E-state index is 1.20. The van der Waals surface area contributed by atoms with Crippen molar-refractivity contribution >= 4 is 34.4 Å². The fraction of sp³-hybridized carbons (Fsp3) is 0.0455. The Morgan fingerprint density at radius 1 is 0.750 bits per heavy atom. The Morgan fingerprint density at radius 3 is 2.42 bits per heavy atom. The number of para-hydroxylation sites is 1. The van der Waals surface area contributed by atoms with Gasteiger partial charge in [0, 0.05) is 33.3 Å². The smallest absolute Gasteiger partial charge is 0.195 e. The van der Waals surface area contributed by atoms with Crippen molar-refractivity contribution in [3.63, 3.8) is 0 Å². The van der Waals surface area contributed by atoms with Crippen molar-refractivity contribution in [1.29, 1.82) is 0 Å². The molecule has 2 aromatic heterocycles. The number of benzene rings is 2. The lowest BCUT2D eigenvalue weighted by Crippen LogP contribution is -2.32. The molecule has 0 unspecified atom stereocenters. The van der Waals surface area contributed by atoms with Gasteiger partial charge in [-0.15, -0.1) is 11.3 Å². The molecule has 0 aliphatic carbocycles. The van der Waals surface area contributed by atoms with E-state index in [0.717, 1.165) is 0 Å². The maximum Gasteiger partial charge on any atom is 0.212 e. The molecule has 4 aromatic rings. The van der Waals surface area contributed by atoms with Gasteiger partial charge in [-0.1, -0.05) is 42.5 Å². The summed E-state index contributed by atoms with van der Waals surface area (Å²) in [5.74, 6) is 0. The second kappa shape index (κ2) is 6.42. The summed E-state index contributed by atoms with van der Waals surface area (Å²) in [6.45, 7) is 0. The van der Waals surface area contributed by atoms with Crippen LogP contribution >= 0.6 is 11.3 Å². The number of hydrogen-bond donors (Lipinski definition) is 0. The molecule has 2 heterocycles. The first-order chi connectivity index (χ1) is 11.8. The SMILES string of the molecule is C[n+]1c(/C=C/c2ccc(-c3ccccc3)s2)ccc2ccccc21. The molecular weight excluding hydrogens is 310 g/mol. The zero-order valence-corrected chi connectivity index (χ0v) is 14.3. The Labute approximate surface area is 146 Å². The summed E-state index contributed by atoms with van der Waals surface area (Å²) in [5.41, 5.74) is 3.72. The molecule has 0 amide bonds. The lowest BCUT2D eigenvalue weighted by Gasteiger charge is -1.99. The summed E-state index contributed by atoms with van der Waals surface area (Å²) in [6, 6.07) is 27.7. The molecule has 2 heteroatoms. The van der Waals surface area contributed by atoms with E-state index >= 15 is 0 Å².